The fraction of sp³-hybridized carbons (Fsp3) is 0.440. The molecule has 1 saturated carbocycles. The summed E-state index contributed by atoms with van der Waals surface area (Å²) in [7, 11) is 0. The van der Waals surface area contributed by atoms with Gasteiger partial charge in [-0.25, -0.2) is 4.39 Å². The summed E-state index contributed by atoms with van der Waals surface area (Å²) in [5.41, 5.74) is 1.54. The summed E-state index contributed by atoms with van der Waals surface area (Å²) < 4.78 is 22.9. The summed E-state index contributed by atoms with van der Waals surface area (Å²) in [4.78, 5) is 20.4. The molecule has 2 aliphatic rings. The molecule has 0 unspecified atom stereocenters. The lowest BCUT2D eigenvalue weighted by atomic mass is 9.77. The fourth-order valence-corrected chi connectivity index (χ4v) is 5.80. The lowest BCUT2D eigenvalue weighted by molar-refractivity contribution is -0.138. The van der Waals surface area contributed by atoms with Crippen molar-refractivity contribution in [3.8, 4) is 0 Å². The Labute approximate surface area is 192 Å². The predicted octanol–water partition coefficient (Wildman–Crippen LogP) is 4.66. The summed E-state index contributed by atoms with van der Waals surface area (Å²) in [5.74, 6) is -0.296. The number of benzene rings is 1. The van der Waals surface area contributed by atoms with Gasteiger partial charge in [-0.05, 0) is 43.5 Å². The van der Waals surface area contributed by atoms with Gasteiger partial charge in [0.15, 0.2) is 0 Å². The minimum absolute atomic E-state index is 0.0219. The van der Waals surface area contributed by atoms with E-state index in [1.54, 1.807) is 18.3 Å². The molecular formula is C25H27ClFN3O2. The maximum Gasteiger partial charge on any atom is 0.233 e. The summed E-state index contributed by atoms with van der Waals surface area (Å²) >= 11 is 6.45. The Kier molecular flexibility index (Phi) is 5.91. The van der Waals surface area contributed by atoms with Gasteiger partial charge in [0.05, 0.1) is 29.8 Å². The molecule has 2 fully saturated rings. The number of nitrogens with zero attached hydrogens (tertiary/aromatic N) is 3. The van der Waals surface area contributed by atoms with Crippen LogP contribution in [0.1, 0.15) is 36.9 Å². The molecular weight excluding hydrogens is 429 g/mol. The van der Waals surface area contributed by atoms with Gasteiger partial charge in [-0.1, -0.05) is 30.5 Å². The van der Waals surface area contributed by atoms with Crippen molar-refractivity contribution < 1.29 is 13.9 Å². The first-order valence-electron chi connectivity index (χ1n) is 11.3. The normalized spacial score (nSPS) is 21.1. The molecule has 1 aliphatic carbocycles. The molecule has 1 aromatic carbocycles. The molecule has 7 heteroatoms. The second kappa shape index (κ2) is 8.83. The van der Waals surface area contributed by atoms with Crippen LogP contribution in [-0.2, 0) is 21.4 Å². The largest absolute Gasteiger partial charge is 0.379 e. The average molecular weight is 456 g/mol. The SMILES string of the molecule is O=C(N1CCOC[C@H](Cc2nccn3cccc23)C1)C1(c2c(F)cccc2Cl)CCCC1. The van der Waals surface area contributed by atoms with Crippen LogP contribution in [-0.4, -0.2) is 46.5 Å². The highest BCUT2D eigenvalue weighted by Gasteiger charge is 2.48. The zero-order valence-corrected chi connectivity index (χ0v) is 18.7. The van der Waals surface area contributed by atoms with Gasteiger partial charge in [0.2, 0.25) is 5.91 Å². The minimum Gasteiger partial charge on any atom is -0.379 e. The van der Waals surface area contributed by atoms with Gasteiger partial charge >= 0.3 is 0 Å². The van der Waals surface area contributed by atoms with Crippen molar-refractivity contribution in [1.29, 1.82) is 0 Å². The monoisotopic (exact) mass is 455 g/mol. The molecule has 1 saturated heterocycles. The molecule has 0 N–H and O–H groups in total. The van der Waals surface area contributed by atoms with Gasteiger partial charge in [0, 0.05) is 48.2 Å². The second-order valence-electron chi connectivity index (χ2n) is 8.96. The number of rotatable bonds is 4. The molecule has 3 aromatic rings. The quantitative estimate of drug-likeness (QED) is 0.575. The second-order valence-corrected chi connectivity index (χ2v) is 9.36. The van der Waals surface area contributed by atoms with Crippen LogP contribution >= 0.6 is 11.6 Å². The van der Waals surface area contributed by atoms with E-state index in [2.05, 4.69) is 15.5 Å². The summed E-state index contributed by atoms with van der Waals surface area (Å²) in [5, 5.41) is 0.340. The zero-order chi connectivity index (χ0) is 22.1. The van der Waals surface area contributed by atoms with Crippen molar-refractivity contribution in [2.75, 3.05) is 26.3 Å². The molecule has 168 valence electrons. The van der Waals surface area contributed by atoms with Gasteiger partial charge in [0.1, 0.15) is 5.82 Å². The van der Waals surface area contributed by atoms with Gasteiger partial charge in [0.25, 0.3) is 0 Å². The smallest absolute Gasteiger partial charge is 0.233 e. The molecule has 32 heavy (non-hydrogen) atoms. The maximum absolute atomic E-state index is 14.9. The van der Waals surface area contributed by atoms with E-state index >= 15 is 0 Å². The number of halogens is 2. The van der Waals surface area contributed by atoms with Gasteiger partial charge in [-0.15, -0.1) is 0 Å². The van der Waals surface area contributed by atoms with Crippen LogP contribution in [0.2, 0.25) is 5.02 Å². The van der Waals surface area contributed by atoms with E-state index in [-0.39, 0.29) is 17.6 Å². The van der Waals surface area contributed by atoms with Crippen LogP contribution in [0.4, 0.5) is 4.39 Å². The van der Waals surface area contributed by atoms with E-state index in [9.17, 15) is 9.18 Å². The zero-order valence-electron chi connectivity index (χ0n) is 18.0. The maximum atomic E-state index is 14.9. The first-order chi connectivity index (χ1) is 15.6. The molecule has 0 radical (unpaired) electrons. The number of carbonyl (C=O) groups excluding carboxylic acids is 1. The number of fused-ring (bicyclic) bond motifs is 1. The van der Waals surface area contributed by atoms with Crippen molar-refractivity contribution in [3.05, 3.63) is 71.0 Å². The predicted molar refractivity (Wildman–Crippen MR) is 121 cm³/mol. The Morgan fingerprint density at radius 2 is 2.06 bits per heavy atom. The highest BCUT2D eigenvalue weighted by molar-refractivity contribution is 6.31. The van der Waals surface area contributed by atoms with Crippen molar-refractivity contribution in [3.63, 3.8) is 0 Å². The van der Waals surface area contributed by atoms with Crippen molar-refractivity contribution >= 4 is 23.0 Å². The molecule has 0 bridgehead atoms. The number of carbonyl (C=O) groups is 1. The van der Waals surface area contributed by atoms with E-state index in [4.69, 9.17) is 16.3 Å². The topological polar surface area (TPSA) is 46.8 Å². The van der Waals surface area contributed by atoms with E-state index < -0.39 is 5.41 Å². The van der Waals surface area contributed by atoms with Gasteiger partial charge < -0.3 is 14.0 Å². The summed E-state index contributed by atoms with van der Waals surface area (Å²) in [6.45, 7) is 2.12. The Morgan fingerprint density at radius 3 is 2.88 bits per heavy atom. The van der Waals surface area contributed by atoms with E-state index in [1.807, 2.05) is 23.4 Å². The van der Waals surface area contributed by atoms with Crippen LogP contribution in [0.5, 0.6) is 0 Å². The third-order valence-corrected chi connectivity index (χ3v) is 7.26. The van der Waals surface area contributed by atoms with Crippen molar-refractivity contribution in [2.24, 2.45) is 5.92 Å². The highest BCUT2D eigenvalue weighted by atomic mass is 35.5. The minimum atomic E-state index is -0.892. The van der Waals surface area contributed by atoms with Crippen molar-refractivity contribution in [1.82, 2.24) is 14.3 Å². The van der Waals surface area contributed by atoms with Crippen LogP contribution in [0, 0.1) is 11.7 Å². The first kappa shape index (κ1) is 21.4. The lowest BCUT2D eigenvalue weighted by Crippen LogP contribution is -2.48. The Morgan fingerprint density at radius 1 is 1.22 bits per heavy atom. The number of hydrogen-bond donors (Lipinski definition) is 0. The third kappa shape index (κ3) is 3.80. The van der Waals surface area contributed by atoms with Crippen LogP contribution < -0.4 is 0 Å². The van der Waals surface area contributed by atoms with Crippen LogP contribution in [0.3, 0.4) is 0 Å². The Bertz CT molecular complexity index is 1110. The Balaban J connectivity index is 1.43. The third-order valence-electron chi connectivity index (χ3n) is 6.95. The molecule has 1 aliphatic heterocycles. The van der Waals surface area contributed by atoms with Crippen LogP contribution in [0.15, 0.2) is 48.9 Å². The number of ether oxygens (including phenoxy) is 1. The van der Waals surface area contributed by atoms with E-state index in [0.717, 1.165) is 24.1 Å². The average Bonchev–Trinajstić information content (AvgIpc) is 3.41. The molecule has 3 heterocycles. The number of amides is 1. The van der Waals surface area contributed by atoms with Gasteiger partial charge in [-0.3, -0.25) is 9.78 Å². The summed E-state index contributed by atoms with van der Waals surface area (Å²) in [6.07, 6.45) is 9.48. The Hall–Kier alpha value is -2.44. The fourth-order valence-electron chi connectivity index (χ4n) is 5.46. The number of aromatic nitrogens is 2. The van der Waals surface area contributed by atoms with E-state index in [0.29, 0.717) is 56.2 Å². The standard InChI is InChI=1S/C25H27ClFN3O2/c26-19-5-3-6-20(27)23(19)25(8-1-2-9-25)24(31)30-13-14-32-17-18(16-30)15-21-22-7-4-11-29(22)12-10-28-21/h3-7,10-12,18H,1-2,8-9,13-17H2/t18-/m1/s1. The van der Waals surface area contributed by atoms with E-state index in [1.165, 1.54) is 6.07 Å². The molecule has 5 rings (SSSR count). The molecule has 2 aromatic heterocycles. The summed E-state index contributed by atoms with van der Waals surface area (Å²) in [6, 6.07) is 8.75. The molecule has 5 nitrogen and oxygen atoms in total. The molecule has 0 spiro atoms. The van der Waals surface area contributed by atoms with Gasteiger partial charge in [-0.2, -0.15) is 0 Å². The number of hydrogen-bond acceptors (Lipinski definition) is 3. The molecule has 1 amide bonds. The van der Waals surface area contributed by atoms with Crippen LogP contribution in [0.25, 0.3) is 5.52 Å². The lowest BCUT2D eigenvalue weighted by Gasteiger charge is -2.36. The highest BCUT2D eigenvalue weighted by Crippen LogP contribution is 2.46. The first-order valence-corrected chi connectivity index (χ1v) is 11.7. The van der Waals surface area contributed by atoms with Crippen molar-refractivity contribution in [2.45, 2.75) is 37.5 Å². The molecule has 1 atom stereocenters.